The van der Waals surface area contributed by atoms with Crippen molar-refractivity contribution >= 4 is 35.0 Å². The molecule has 162 valence electrons. The number of halogens is 2. The molecule has 2 aromatic rings. The van der Waals surface area contributed by atoms with E-state index in [9.17, 15) is 9.59 Å². The van der Waals surface area contributed by atoms with Gasteiger partial charge in [-0.15, -0.1) is 0 Å². The zero-order valence-electron chi connectivity index (χ0n) is 18.0. The second-order valence-corrected chi connectivity index (χ2v) is 8.50. The molecule has 0 bridgehead atoms. The maximum atomic E-state index is 13.1. The van der Waals surface area contributed by atoms with Crippen LogP contribution < -0.4 is 5.32 Å². The first kappa shape index (κ1) is 24.2. The Labute approximate surface area is 189 Å². The maximum Gasteiger partial charge on any atom is 0.242 e. The molecule has 1 N–H and O–H groups in total. The number of likely N-dealkylation sites (N-methyl/N-ethyl adjacent to an activating group) is 1. The van der Waals surface area contributed by atoms with Crippen LogP contribution in [0.2, 0.25) is 10.0 Å². The molecule has 0 spiro atoms. The molecule has 0 unspecified atom stereocenters. The van der Waals surface area contributed by atoms with Crippen LogP contribution in [0.4, 0.5) is 0 Å². The molecule has 0 saturated carbocycles. The maximum absolute atomic E-state index is 13.1. The van der Waals surface area contributed by atoms with Crippen molar-refractivity contribution in [3.8, 4) is 0 Å². The van der Waals surface area contributed by atoms with Crippen LogP contribution in [0.15, 0.2) is 42.5 Å². The van der Waals surface area contributed by atoms with Crippen LogP contribution in [0.5, 0.6) is 0 Å². The van der Waals surface area contributed by atoms with Gasteiger partial charge in [0.15, 0.2) is 0 Å². The summed E-state index contributed by atoms with van der Waals surface area (Å²) < 4.78 is 0. The molecule has 6 heteroatoms. The first-order valence-electron chi connectivity index (χ1n) is 10.3. The van der Waals surface area contributed by atoms with Crippen molar-refractivity contribution in [2.45, 2.75) is 59.0 Å². The lowest BCUT2D eigenvalue weighted by molar-refractivity contribution is -0.140. The molecule has 2 rings (SSSR count). The highest BCUT2D eigenvalue weighted by Gasteiger charge is 2.27. The summed E-state index contributed by atoms with van der Waals surface area (Å²) in [4.78, 5) is 27.1. The van der Waals surface area contributed by atoms with Gasteiger partial charge in [0.1, 0.15) is 6.04 Å². The molecular weight excluding hydrogens is 419 g/mol. The van der Waals surface area contributed by atoms with Gasteiger partial charge in [-0.2, -0.15) is 0 Å². The van der Waals surface area contributed by atoms with Crippen LogP contribution in [-0.2, 0) is 22.6 Å². The van der Waals surface area contributed by atoms with Crippen molar-refractivity contribution in [3.63, 3.8) is 0 Å². The molecule has 0 saturated heterocycles. The predicted octanol–water partition coefficient (Wildman–Crippen LogP) is 5.60. The third-order valence-electron chi connectivity index (χ3n) is 5.18. The Kier molecular flexibility index (Phi) is 9.19. The van der Waals surface area contributed by atoms with E-state index in [4.69, 9.17) is 23.2 Å². The molecule has 0 aliphatic heterocycles. The van der Waals surface area contributed by atoms with Gasteiger partial charge in [-0.05, 0) is 49.4 Å². The normalized spacial score (nSPS) is 12.0. The standard InChI is InChI=1S/C24H30Cl2N2O2/c1-5-27-24(30)17(4)28(15-20-21(25)7-6-8-22(20)26)23(29)14-11-18-9-12-19(13-10-18)16(2)3/h6-10,12-13,16-17H,5,11,14-15H2,1-4H3,(H,27,30)/t17-/m1/s1. The van der Waals surface area contributed by atoms with E-state index >= 15 is 0 Å². The molecule has 2 amide bonds. The highest BCUT2D eigenvalue weighted by molar-refractivity contribution is 6.36. The van der Waals surface area contributed by atoms with Crippen molar-refractivity contribution in [1.29, 1.82) is 0 Å². The fourth-order valence-electron chi connectivity index (χ4n) is 3.22. The van der Waals surface area contributed by atoms with Gasteiger partial charge in [0.05, 0.1) is 0 Å². The molecule has 0 aliphatic rings. The van der Waals surface area contributed by atoms with Crippen LogP contribution in [0, 0.1) is 0 Å². The lowest BCUT2D eigenvalue weighted by Crippen LogP contribution is -2.47. The molecule has 0 radical (unpaired) electrons. The summed E-state index contributed by atoms with van der Waals surface area (Å²) in [7, 11) is 0. The van der Waals surface area contributed by atoms with E-state index in [1.54, 1.807) is 30.0 Å². The summed E-state index contributed by atoms with van der Waals surface area (Å²) in [6, 6.07) is 12.9. The molecule has 0 fully saturated rings. The second-order valence-electron chi connectivity index (χ2n) is 7.69. The number of benzene rings is 2. The van der Waals surface area contributed by atoms with Gasteiger partial charge in [0.2, 0.25) is 11.8 Å². The number of aryl methyl sites for hydroxylation is 1. The van der Waals surface area contributed by atoms with Crippen LogP contribution >= 0.6 is 23.2 Å². The summed E-state index contributed by atoms with van der Waals surface area (Å²) >= 11 is 12.6. The molecular formula is C24H30Cl2N2O2. The third-order valence-corrected chi connectivity index (χ3v) is 5.89. The first-order valence-corrected chi connectivity index (χ1v) is 11.1. The second kappa shape index (κ2) is 11.4. The Morgan fingerprint density at radius 3 is 2.13 bits per heavy atom. The highest BCUT2D eigenvalue weighted by atomic mass is 35.5. The number of hydrogen-bond donors (Lipinski definition) is 1. The van der Waals surface area contributed by atoms with Crippen molar-refractivity contribution in [2.75, 3.05) is 6.54 Å². The Morgan fingerprint density at radius 2 is 1.60 bits per heavy atom. The van der Waals surface area contributed by atoms with Gasteiger partial charge >= 0.3 is 0 Å². The minimum atomic E-state index is -0.631. The van der Waals surface area contributed by atoms with Crippen LogP contribution in [0.1, 0.15) is 56.7 Å². The fourth-order valence-corrected chi connectivity index (χ4v) is 3.74. The summed E-state index contributed by atoms with van der Waals surface area (Å²) in [6.07, 6.45) is 0.902. The number of nitrogens with zero attached hydrogens (tertiary/aromatic N) is 1. The number of carbonyl (C=O) groups excluding carboxylic acids is 2. The lowest BCUT2D eigenvalue weighted by atomic mass is 10.00. The SMILES string of the molecule is CCNC(=O)[C@@H](C)N(Cc1c(Cl)cccc1Cl)C(=O)CCc1ccc(C(C)C)cc1. The summed E-state index contributed by atoms with van der Waals surface area (Å²) in [5.74, 6) is 0.155. The molecule has 0 aliphatic carbocycles. The number of hydrogen-bond acceptors (Lipinski definition) is 2. The van der Waals surface area contributed by atoms with Crippen LogP contribution in [0.25, 0.3) is 0 Å². The van der Waals surface area contributed by atoms with Crippen LogP contribution in [0.3, 0.4) is 0 Å². The molecule has 1 atom stereocenters. The zero-order valence-corrected chi connectivity index (χ0v) is 19.6. The van der Waals surface area contributed by atoms with E-state index in [1.165, 1.54) is 5.56 Å². The monoisotopic (exact) mass is 448 g/mol. The summed E-state index contributed by atoms with van der Waals surface area (Å²) in [5, 5.41) is 3.75. The van der Waals surface area contributed by atoms with Gasteiger partial charge in [0, 0.05) is 35.1 Å². The Hall–Kier alpha value is -2.04. The van der Waals surface area contributed by atoms with E-state index in [0.29, 0.717) is 40.9 Å². The smallest absolute Gasteiger partial charge is 0.242 e. The zero-order chi connectivity index (χ0) is 22.3. The molecule has 0 aromatic heterocycles. The highest BCUT2D eigenvalue weighted by Crippen LogP contribution is 2.27. The summed E-state index contributed by atoms with van der Waals surface area (Å²) in [5.41, 5.74) is 3.01. The Bertz CT molecular complexity index is 846. The fraction of sp³-hybridized carbons (Fsp3) is 0.417. The number of carbonyl (C=O) groups is 2. The van der Waals surface area contributed by atoms with E-state index < -0.39 is 6.04 Å². The molecule has 0 heterocycles. The third kappa shape index (κ3) is 6.48. The van der Waals surface area contributed by atoms with Crippen molar-refractivity contribution in [1.82, 2.24) is 10.2 Å². The predicted molar refractivity (Wildman–Crippen MR) is 124 cm³/mol. The average molecular weight is 449 g/mol. The molecule has 2 aromatic carbocycles. The van der Waals surface area contributed by atoms with Crippen molar-refractivity contribution in [3.05, 3.63) is 69.2 Å². The first-order chi connectivity index (χ1) is 14.2. The minimum Gasteiger partial charge on any atom is -0.355 e. The van der Waals surface area contributed by atoms with Gasteiger partial charge in [-0.25, -0.2) is 0 Å². The Morgan fingerprint density at radius 1 is 1.00 bits per heavy atom. The van der Waals surface area contributed by atoms with Gasteiger partial charge in [0.25, 0.3) is 0 Å². The minimum absolute atomic E-state index is 0.113. The van der Waals surface area contributed by atoms with Crippen molar-refractivity contribution < 1.29 is 9.59 Å². The number of rotatable bonds is 9. The van der Waals surface area contributed by atoms with Crippen LogP contribution in [-0.4, -0.2) is 29.3 Å². The number of amides is 2. The quantitative estimate of drug-likeness (QED) is 0.542. The summed E-state index contributed by atoms with van der Waals surface area (Å²) in [6.45, 7) is 8.56. The average Bonchev–Trinajstić information content (AvgIpc) is 2.72. The Balaban J connectivity index is 2.18. The van der Waals surface area contributed by atoms with Gasteiger partial charge in [-0.3, -0.25) is 9.59 Å². The van der Waals surface area contributed by atoms with E-state index in [2.05, 4.69) is 43.4 Å². The lowest BCUT2D eigenvalue weighted by Gasteiger charge is -2.29. The topological polar surface area (TPSA) is 49.4 Å². The van der Waals surface area contributed by atoms with Gasteiger partial charge in [-0.1, -0.05) is 67.4 Å². The van der Waals surface area contributed by atoms with E-state index in [-0.39, 0.29) is 18.4 Å². The van der Waals surface area contributed by atoms with E-state index in [0.717, 1.165) is 5.56 Å². The van der Waals surface area contributed by atoms with Crippen molar-refractivity contribution in [2.24, 2.45) is 0 Å². The number of nitrogens with one attached hydrogen (secondary N) is 1. The largest absolute Gasteiger partial charge is 0.355 e. The van der Waals surface area contributed by atoms with E-state index in [1.807, 2.05) is 6.92 Å². The molecule has 4 nitrogen and oxygen atoms in total. The van der Waals surface area contributed by atoms with Gasteiger partial charge < -0.3 is 10.2 Å². The molecule has 30 heavy (non-hydrogen) atoms.